The van der Waals surface area contributed by atoms with Crippen LogP contribution in [0.25, 0.3) is 22.5 Å². The molecule has 4 heterocycles. The Labute approximate surface area is 216 Å². The van der Waals surface area contributed by atoms with E-state index in [0.29, 0.717) is 4.88 Å². The summed E-state index contributed by atoms with van der Waals surface area (Å²) in [6.07, 6.45) is 4.01. The van der Waals surface area contributed by atoms with Gasteiger partial charge in [0, 0.05) is 47.6 Å². The normalized spacial score (nSPS) is 9.57. The molecule has 0 aliphatic heterocycles. The minimum Gasteiger partial charge on any atom is -1.00 e. The van der Waals surface area contributed by atoms with Gasteiger partial charge in [0.05, 0.1) is 22.9 Å². The first-order chi connectivity index (χ1) is 13.6. The van der Waals surface area contributed by atoms with E-state index in [4.69, 9.17) is 28.3 Å². The fourth-order valence-corrected chi connectivity index (χ4v) is 3.87. The van der Waals surface area contributed by atoms with Crippen molar-refractivity contribution in [2.24, 2.45) is 0 Å². The number of aliphatic hydroxyl groups is 1. The third-order valence-electron chi connectivity index (χ3n) is 3.39. The van der Waals surface area contributed by atoms with Crippen molar-refractivity contribution in [3.05, 3.63) is 67.7 Å². The summed E-state index contributed by atoms with van der Waals surface area (Å²) in [5.41, 5.74) is 3.36. The molecule has 4 aromatic rings. The molecule has 4 aromatic heterocycles. The smallest absolute Gasteiger partial charge is 1.00 e. The number of hydrogen-bond acceptors (Lipinski definition) is 8. The summed E-state index contributed by atoms with van der Waals surface area (Å²) >= 11 is 14.2. The molecule has 3 radical (unpaired) electrons. The van der Waals surface area contributed by atoms with Crippen molar-refractivity contribution in [1.82, 2.24) is 19.9 Å². The van der Waals surface area contributed by atoms with E-state index in [0.717, 1.165) is 33.7 Å². The number of hydrogen-bond donors (Lipinski definition) is 1. The summed E-state index contributed by atoms with van der Waals surface area (Å²) in [7, 11) is 0. The predicted octanol–water partition coefficient (Wildman–Crippen LogP) is 1.76. The molecule has 1 N–H and O–H groups in total. The third-order valence-corrected chi connectivity index (χ3v) is 5.53. The predicted molar refractivity (Wildman–Crippen MR) is 119 cm³/mol. The van der Waals surface area contributed by atoms with Gasteiger partial charge in [-0.05, 0) is 47.5 Å². The van der Waals surface area contributed by atoms with Crippen molar-refractivity contribution in [1.29, 1.82) is 0 Å². The average Bonchev–Trinajstić information content (AvgIpc) is 3.38. The largest absolute Gasteiger partial charge is 1.00 e. The van der Waals surface area contributed by atoms with Crippen LogP contribution in [-0.4, -0.2) is 39.7 Å². The van der Waals surface area contributed by atoms with Crippen LogP contribution < -0.4 is 29.6 Å². The molecule has 0 saturated heterocycles. The number of nitrogens with zero attached hydrogens (tertiary/aromatic N) is 4. The molecule has 0 atom stereocenters. The molecule has 6 nitrogen and oxygen atoms in total. The monoisotopic (exact) mass is 485 g/mol. The first kappa shape index (κ1) is 26.9. The van der Waals surface area contributed by atoms with Crippen LogP contribution in [0.4, 0.5) is 0 Å². The molecule has 0 spiro atoms. The molecule has 0 amide bonds. The molecule has 0 aliphatic carbocycles. The van der Waals surface area contributed by atoms with E-state index >= 15 is 0 Å². The molecule has 12 heteroatoms. The second-order valence-electron chi connectivity index (χ2n) is 5.24. The summed E-state index contributed by atoms with van der Waals surface area (Å²) in [6, 6.07) is 7.21. The second kappa shape index (κ2) is 13.3. The number of aromatic nitrogens is 4. The van der Waals surface area contributed by atoms with Gasteiger partial charge in [-0.25, -0.2) is 19.9 Å². The van der Waals surface area contributed by atoms with Crippen molar-refractivity contribution in [3.63, 3.8) is 0 Å². The molecule has 0 saturated carbocycles. The van der Waals surface area contributed by atoms with E-state index in [1.807, 2.05) is 16.8 Å². The Balaban J connectivity index is 0.000000529. The molecule has 147 valence electrons. The average molecular weight is 486 g/mol. The Morgan fingerprint density at radius 1 is 0.967 bits per heavy atom. The van der Waals surface area contributed by atoms with Gasteiger partial charge in [-0.2, -0.15) is 0 Å². The van der Waals surface area contributed by atoms with Crippen molar-refractivity contribution in [2.45, 2.75) is 6.61 Å². The minimum absolute atomic E-state index is 0. The summed E-state index contributed by atoms with van der Waals surface area (Å²) < 4.78 is 0. The van der Waals surface area contributed by atoms with Crippen LogP contribution in [0.2, 0.25) is 10.6 Å². The van der Waals surface area contributed by atoms with Crippen molar-refractivity contribution >= 4 is 60.6 Å². The van der Waals surface area contributed by atoms with Crippen molar-refractivity contribution < 1.29 is 40.9 Å². The summed E-state index contributed by atoms with van der Waals surface area (Å²) in [5.74, 6) is 0. The van der Waals surface area contributed by atoms with Gasteiger partial charge in [0.25, 0.3) is 0 Å². The number of aliphatic hydroxyl groups excluding tert-OH is 1. The molecular formula is C18H13BCl2N4NaO2S2. The van der Waals surface area contributed by atoms with E-state index in [2.05, 4.69) is 19.9 Å². The van der Waals surface area contributed by atoms with Gasteiger partial charge >= 0.3 is 29.6 Å². The molecule has 0 bridgehead atoms. The van der Waals surface area contributed by atoms with Gasteiger partial charge in [-0.15, -0.1) is 22.7 Å². The van der Waals surface area contributed by atoms with Gasteiger partial charge in [-0.3, -0.25) is 4.79 Å². The number of carbonyl (C=O) groups is 1. The Morgan fingerprint density at radius 2 is 1.50 bits per heavy atom. The first-order valence-corrected chi connectivity index (χ1v) is 10.3. The molecule has 0 fully saturated rings. The molecular weight excluding hydrogens is 473 g/mol. The Kier molecular flexibility index (Phi) is 11.9. The van der Waals surface area contributed by atoms with Gasteiger partial charge in [0.1, 0.15) is 0 Å². The third kappa shape index (κ3) is 7.51. The standard InChI is InChI=1S/C9H7ClN2OS.C9H5ClN2OS.B.Na.H/c2*10-9-11-2-1-8(12-9)6-3-7(4-13)14-5-6;;;/h1-3,5,13H,4H2;1-5H;;;/q;;;+1;-1. The number of rotatable bonds is 4. The van der Waals surface area contributed by atoms with E-state index in [-0.39, 0.29) is 56.6 Å². The van der Waals surface area contributed by atoms with Crippen LogP contribution in [-0.2, 0) is 6.61 Å². The van der Waals surface area contributed by atoms with Crippen molar-refractivity contribution in [3.8, 4) is 22.5 Å². The maximum atomic E-state index is 10.5. The van der Waals surface area contributed by atoms with Gasteiger partial charge in [0.2, 0.25) is 10.6 Å². The van der Waals surface area contributed by atoms with Gasteiger partial charge in [-0.1, -0.05) is 0 Å². The quantitative estimate of drug-likeness (QED) is 0.269. The number of aldehydes is 1. The van der Waals surface area contributed by atoms with Crippen molar-refractivity contribution in [2.75, 3.05) is 0 Å². The van der Waals surface area contributed by atoms with E-state index in [1.165, 1.54) is 22.7 Å². The topological polar surface area (TPSA) is 88.9 Å². The summed E-state index contributed by atoms with van der Waals surface area (Å²) in [4.78, 5) is 27.7. The zero-order valence-electron chi connectivity index (χ0n) is 16.7. The fraction of sp³-hybridized carbons (Fsp3) is 0.0556. The maximum absolute atomic E-state index is 10.5. The maximum Gasteiger partial charge on any atom is 1.00 e. The summed E-state index contributed by atoms with van der Waals surface area (Å²) in [6.45, 7) is 0.0590. The molecule has 30 heavy (non-hydrogen) atoms. The van der Waals surface area contributed by atoms with Crippen LogP contribution in [0, 0.1) is 0 Å². The zero-order valence-corrected chi connectivity index (χ0v) is 20.8. The Hall–Kier alpha value is -1.17. The van der Waals surface area contributed by atoms with Crippen LogP contribution in [0.15, 0.2) is 47.4 Å². The minimum atomic E-state index is 0. The SMILES string of the molecule is O=Cc1cc(-c2ccnc(Cl)n2)cs1.OCc1cc(-c2ccnc(Cl)n2)cs1.[B].[H-].[Na+]. The number of carbonyl (C=O) groups excluding carboxylic acids is 1. The van der Waals surface area contributed by atoms with Crippen LogP contribution in [0.5, 0.6) is 0 Å². The Bertz CT molecular complexity index is 1100. The van der Waals surface area contributed by atoms with Crippen LogP contribution >= 0.6 is 45.9 Å². The van der Waals surface area contributed by atoms with E-state index in [1.54, 1.807) is 30.6 Å². The van der Waals surface area contributed by atoms with E-state index < -0.39 is 0 Å². The molecule has 4 rings (SSSR count). The van der Waals surface area contributed by atoms with Crippen LogP contribution in [0.1, 0.15) is 16.0 Å². The van der Waals surface area contributed by atoms with E-state index in [9.17, 15) is 4.79 Å². The number of thiophene rings is 2. The number of halogens is 2. The Morgan fingerprint density at radius 3 is 1.93 bits per heavy atom. The molecule has 0 unspecified atom stereocenters. The van der Waals surface area contributed by atoms with Gasteiger partial charge < -0.3 is 6.53 Å². The molecule has 0 aromatic carbocycles. The molecule has 0 aliphatic rings. The zero-order chi connectivity index (χ0) is 19.9. The summed E-state index contributed by atoms with van der Waals surface area (Å²) in [5, 5.41) is 13.1. The first-order valence-electron chi connectivity index (χ1n) is 7.79. The van der Waals surface area contributed by atoms with Crippen LogP contribution in [0.3, 0.4) is 0 Å². The fourth-order valence-electron chi connectivity index (χ4n) is 2.14. The second-order valence-corrected chi connectivity index (χ2v) is 7.85. The van der Waals surface area contributed by atoms with Gasteiger partial charge in [0.15, 0.2) is 6.29 Å².